The zero-order chi connectivity index (χ0) is 24.0. The van der Waals surface area contributed by atoms with Gasteiger partial charge in [0.25, 0.3) is 0 Å². The third-order valence-electron chi connectivity index (χ3n) is 4.60. The fourth-order valence-electron chi connectivity index (χ4n) is 2.85. The van der Waals surface area contributed by atoms with Crippen molar-refractivity contribution in [2.45, 2.75) is 60.3 Å². The molecule has 31 heavy (non-hydrogen) atoms. The summed E-state index contributed by atoms with van der Waals surface area (Å²) in [5, 5.41) is 5.40. The van der Waals surface area contributed by atoms with Crippen LogP contribution >= 0.6 is 0 Å². The monoisotopic (exact) mass is 438 g/mol. The topological polar surface area (TPSA) is 111 Å². The highest BCUT2D eigenvalue weighted by Crippen LogP contribution is 2.26. The molecule has 0 aliphatic heterocycles. The second kappa shape index (κ2) is 14.4. The molecule has 0 aliphatic rings. The first-order valence-electron chi connectivity index (χ1n) is 10.5. The van der Waals surface area contributed by atoms with Crippen molar-refractivity contribution in [3.63, 3.8) is 0 Å². The first-order chi connectivity index (χ1) is 14.3. The van der Waals surface area contributed by atoms with Crippen molar-refractivity contribution < 1.29 is 28.7 Å². The number of alkyl carbamates (subject to hydrolysis) is 2. The molecule has 0 bridgehead atoms. The number of carbonyl (C=O) groups is 4. The molecule has 0 fully saturated rings. The molecule has 0 saturated heterocycles. The van der Waals surface area contributed by atoms with Crippen LogP contribution in [-0.2, 0) is 19.1 Å². The third-order valence-corrected chi connectivity index (χ3v) is 4.60. The van der Waals surface area contributed by atoms with Gasteiger partial charge in [-0.1, -0.05) is 33.9 Å². The molecule has 1 atom stereocenters. The van der Waals surface area contributed by atoms with Gasteiger partial charge < -0.3 is 20.1 Å². The van der Waals surface area contributed by atoms with Crippen molar-refractivity contribution in [3.8, 4) is 0 Å². The summed E-state index contributed by atoms with van der Waals surface area (Å²) < 4.78 is 9.99. The van der Waals surface area contributed by atoms with Crippen LogP contribution in [0.3, 0.4) is 0 Å². The van der Waals surface area contributed by atoms with Crippen LogP contribution in [0.15, 0.2) is 24.3 Å². The predicted molar refractivity (Wildman–Crippen MR) is 120 cm³/mol. The Kier molecular flexibility index (Phi) is 13.2. The van der Waals surface area contributed by atoms with Crippen LogP contribution in [0.5, 0.6) is 0 Å². The van der Waals surface area contributed by atoms with E-state index >= 15 is 0 Å². The third kappa shape index (κ3) is 14.9. The van der Waals surface area contributed by atoms with E-state index < -0.39 is 12.2 Å². The van der Waals surface area contributed by atoms with Crippen LogP contribution in [-0.4, -0.2) is 50.1 Å². The maximum Gasteiger partial charge on any atom is 0.407 e. The summed E-state index contributed by atoms with van der Waals surface area (Å²) in [5.74, 6) is 0.0487. The maximum atomic E-state index is 11.8. The van der Waals surface area contributed by atoms with Gasteiger partial charge in [0.2, 0.25) is 0 Å². The summed E-state index contributed by atoms with van der Waals surface area (Å²) in [6.07, 6.45) is 0.734. The SMILES string of the molecule is C=C(C)C(=O)CCOC(=O)NCCC(C)CC(C)(C)CNC(=O)OCCC(=O)C(=C)C. The van der Waals surface area contributed by atoms with Crippen molar-refractivity contribution in [1.82, 2.24) is 10.6 Å². The quantitative estimate of drug-likeness (QED) is 0.375. The number of rotatable bonds is 15. The standard InChI is InChI=1S/C23H38N2O6/c1-16(2)19(26)9-12-30-21(28)24-11-8-18(5)14-23(6,7)15-25-22(29)31-13-10-20(27)17(3)4/h18H,1,3,8-15H2,2,4-7H3,(H,24,28)(H,25,29). The van der Waals surface area contributed by atoms with Crippen LogP contribution < -0.4 is 10.6 Å². The first-order valence-corrected chi connectivity index (χ1v) is 10.5. The summed E-state index contributed by atoms with van der Waals surface area (Å²) in [6, 6.07) is 0. The van der Waals surface area contributed by atoms with Gasteiger partial charge in [-0.3, -0.25) is 9.59 Å². The van der Waals surface area contributed by atoms with Crippen molar-refractivity contribution >= 4 is 23.8 Å². The number of hydrogen-bond donors (Lipinski definition) is 2. The smallest absolute Gasteiger partial charge is 0.407 e. The molecule has 0 aromatic rings. The van der Waals surface area contributed by atoms with Gasteiger partial charge in [0, 0.05) is 25.9 Å². The molecular weight excluding hydrogens is 400 g/mol. The minimum atomic E-state index is -0.551. The number of carbonyl (C=O) groups excluding carboxylic acids is 4. The minimum Gasteiger partial charge on any atom is -0.449 e. The zero-order valence-electron chi connectivity index (χ0n) is 19.6. The van der Waals surface area contributed by atoms with Crippen molar-refractivity contribution in [2.24, 2.45) is 11.3 Å². The molecule has 2 N–H and O–H groups in total. The van der Waals surface area contributed by atoms with Gasteiger partial charge in [0.15, 0.2) is 11.6 Å². The molecular formula is C23H38N2O6. The number of ketones is 2. The molecule has 0 aromatic carbocycles. The number of nitrogens with one attached hydrogen (secondary N) is 2. The molecule has 1 unspecified atom stereocenters. The lowest BCUT2D eigenvalue weighted by Crippen LogP contribution is -2.36. The van der Waals surface area contributed by atoms with E-state index in [1.54, 1.807) is 13.8 Å². The number of hydrogen-bond acceptors (Lipinski definition) is 6. The minimum absolute atomic E-state index is 0.0253. The van der Waals surface area contributed by atoms with Gasteiger partial charge in [-0.25, -0.2) is 9.59 Å². The summed E-state index contributed by atoms with van der Waals surface area (Å²) >= 11 is 0. The molecule has 0 rings (SSSR count). The van der Waals surface area contributed by atoms with Crippen LogP contribution in [0.2, 0.25) is 0 Å². The van der Waals surface area contributed by atoms with E-state index in [2.05, 4.69) is 30.7 Å². The maximum absolute atomic E-state index is 11.8. The molecule has 0 radical (unpaired) electrons. The van der Waals surface area contributed by atoms with E-state index in [1.165, 1.54) is 0 Å². The van der Waals surface area contributed by atoms with Crippen LogP contribution in [0.1, 0.15) is 60.3 Å². The van der Waals surface area contributed by atoms with Crippen molar-refractivity contribution in [3.05, 3.63) is 24.3 Å². The summed E-state index contributed by atoms with van der Waals surface area (Å²) in [5.41, 5.74) is 0.718. The van der Waals surface area contributed by atoms with Crippen molar-refractivity contribution in [2.75, 3.05) is 26.3 Å². The van der Waals surface area contributed by atoms with E-state index in [-0.39, 0.29) is 43.0 Å². The van der Waals surface area contributed by atoms with E-state index in [0.29, 0.717) is 30.2 Å². The first kappa shape index (κ1) is 28.4. The Hall–Kier alpha value is -2.64. The van der Waals surface area contributed by atoms with Crippen LogP contribution in [0.25, 0.3) is 0 Å². The molecule has 0 aromatic heterocycles. The second-order valence-corrected chi connectivity index (χ2v) is 8.72. The highest BCUT2D eigenvalue weighted by Gasteiger charge is 2.22. The van der Waals surface area contributed by atoms with Crippen LogP contribution in [0, 0.1) is 11.3 Å². The molecule has 8 heteroatoms. The lowest BCUT2D eigenvalue weighted by Gasteiger charge is -2.28. The van der Waals surface area contributed by atoms with E-state index in [1.807, 2.05) is 13.8 Å². The van der Waals surface area contributed by atoms with Crippen LogP contribution in [0.4, 0.5) is 9.59 Å². The summed E-state index contributed by atoms with van der Waals surface area (Å²) in [6.45, 7) is 17.4. The lowest BCUT2D eigenvalue weighted by molar-refractivity contribution is -0.116. The number of ether oxygens (including phenoxy) is 2. The Bertz CT molecular complexity index is 669. The fourth-order valence-corrected chi connectivity index (χ4v) is 2.85. The molecule has 0 aliphatic carbocycles. The molecule has 0 spiro atoms. The van der Waals surface area contributed by atoms with E-state index in [0.717, 1.165) is 12.8 Å². The van der Waals surface area contributed by atoms with Gasteiger partial charge in [-0.15, -0.1) is 0 Å². The lowest BCUT2D eigenvalue weighted by atomic mass is 9.82. The highest BCUT2D eigenvalue weighted by atomic mass is 16.6. The van der Waals surface area contributed by atoms with Gasteiger partial charge in [0.05, 0.1) is 0 Å². The van der Waals surface area contributed by atoms with Gasteiger partial charge in [-0.2, -0.15) is 0 Å². The average molecular weight is 439 g/mol. The Morgan fingerprint density at radius 1 is 0.871 bits per heavy atom. The largest absolute Gasteiger partial charge is 0.449 e. The number of amides is 2. The molecule has 0 saturated carbocycles. The van der Waals surface area contributed by atoms with E-state index in [9.17, 15) is 19.2 Å². The molecule has 8 nitrogen and oxygen atoms in total. The summed E-state index contributed by atoms with van der Waals surface area (Å²) in [4.78, 5) is 46.3. The van der Waals surface area contributed by atoms with Gasteiger partial charge in [0.1, 0.15) is 13.2 Å². The Morgan fingerprint density at radius 2 is 1.32 bits per heavy atom. The molecule has 176 valence electrons. The van der Waals surface area contributed by atoms with Gasteiger partial charge in [-0.05, 0) is 49.2 Å². The Morgan fingerprint density at radius 3 is 1.77 bits per heavy atom. The van der Waals surface area contributed by atoms with Crippen molar-refractivity contribution in [1.29, 1.82) is 0 Å². The van der Waals surface area contributed by atoms with Gasteiger partial charge >= 0.3 is 12.2 Å². The average Bonchev–Trinajstić information content (AvgIpc) is 2.65. The molecule has 2 amide bonds. The Balaban J connectivity index is 4.03. The fraction of sp³-hybridized carbons (Fsp3) is 0.652. The predicted octanol–water partition coefficient (Wildman–Crippen LogP) is 3.95. The number of Topliss-reactive ketones (excluding diaryl/α,β-unsaturated/α-hetero) is 2. The normalized spacial score (nSPS) is 11.8. The Labute approximate surface area is 185 Å². The van der Waals surface area contributed by atoms with E-state index in [4.69, 9.17) is 9.47 Å². The second-order valence-electron chi connectivity index (χ2n) is 8.72. The highest BCUT2D eigenvalue weighted by molar-refractivity contribution is 5.94. The zero-order valence-corrected chi connectivity index (χ0v) is 19.6. The molecule has 0 heterocycles. The number of allylic oxidation sites excluding steroid dienone is 2. The summed E-state index contributed by atoms with van der Waals surface area (Å²) in [7, 11) is 0.